The Hall–Kier alpha value is -3.16. The Bertz CT molecular complexity index is 924. The zero-order valence-corrected chi connectivity index (χ0v) is 24.2. The van der Waals surface area contributed by atoms with E-state index in [1.165, 1.54) is 25.0 Å². The fourth-order valence-corrected chi connectivity index (χ4v) is 5.81. The Morgan fingerprint density at radius 3 is 1.57 bits per heavy atom. The highest BCUT2D eigenvalue weighted by Gasteiger charge is 2.52. The number of ether oxygens (including phenoxy) is 2. The van der Waals surface area contributed by atoms with Crippen molar-refractivity contribution in [3.63, 3.8) is 0 Å². The maximum absolute atomic E-state index is 11.8. The molecule has 40 heavy (non-hydrogen) atoms. The minimum absolute atomic E-state index is 0.0139. The number of benzene rings is 1. The van der Waals surface area contributed by atoms with Crippen LogP contribution in [-0.2, 0) is 28.7 Å². The van der Waals surface area contributed by atoms with Crippen molar-refractivity contribution >= 4 is 23.9 Å². The van der Waals surface area contributed by atoms with Gasteiger partial charge in [-0.2, -0.15) is 0 Å². The third kappa shape index (κ3) is 10.1. The van der Waals surface area contributed by atoms with Crippen molar-refractivity contribution in [1.29, 1.82) is 0 Å². The number of hydrogen-bond donors (Lipinski definition) is 2. The van der Waals surface area contributed by atoms with E-state index in [0.29, 0.717) is 6.42 Å². The number of hydrogen-bond acceptors (Lipinski definition) is 6. The Kier molecular flexibility index (Phi) is 13.9. The quantitative estimate of drug-likeness (QED) is 0.175. The maximum Gasteiger partial charge on any atom is 0.331 e. The van der Waals surface area contributed by atoms with Crippen LogP contribution in [0.15, 0.2) is 42.5 Å². The van der Waals surface area contributed by atoms with Crippen LogP contribution in [0.2, 0.25) is 0 Å². The SMILES string of the molecule is CCC(c1ccccc1)C(CC(C)C)(C(=O)O)C(=O)O.O=C(/C=C\C(=O)OC1CCCCC1)OC1CCCCC1. The van der Waals surface area contributed by atoms with Gasteiger partial charge in [-0.25, -0.2) is 9.59 Å². The van der Waals surface area contributed by atoms with Gasteiger partial charge in [0.2, 0.25) is 0 Å². The first-order valence-electron chi connectivity index (χ1n) is 14.7. The maximum atomic E-state index is 11.8. The molecule has 1 atom stereocenters. The lowest BCUT2D eigenvalue weighted by Crippen LogP contribution is -2.45. The second kappa shape index (κ2) is 16.8. The highest BCUT2D eigenvalue weighted by atomic mass is 16.5. The predicted molar refractivity (Wildman–Crippen MR) is 152 cm³/mol. The summed E-state index contributed by atoms with van der Waals surface area (Å²) >= 11 is 0. The molecule has 2 aliphatic rings. The second-order valence-electron chi connectivity index (χ2n) is 11.3. The molecule has 2 saturated carbocycles. The summed E-state index contributed by atoms with van der Waals surface area (Å²) in [7, 11) is 0. The highest BCUT2D eigenvalue weighted by molar-refractivity contribution is 5.99. The summed E-state index contributed by atoms with van der Waals surface area (Å²) in [5, 5.41) is 19.3. The van der Waals surface area contributed by atoms with Crippen LogP contribution in [0.25, 0.3) is 0 Å². The van der Waals surface area contributed by atoms with Crippen LogP contribution in [-0.4, -0.2) is 46.3 Å². The number of carboxylic acids is 2. The van der Waals surface area contributed by atoms with Crippen LogP contribution in [0.4, 0.5) is 0 Å². The van der Waals surface area contributed by atoms with Crippen LogP contribution in [0.1, 0.15) is 109 Å². The van der Waals surface area contributed by atoms with Crippen molar-refractivity contribution in [2.45, 2.75) is 116 Å². The molecule has 0 aliphatic heterocycles. The van der Waals surface area contributed by atoms with Crippen LogP contribution < -0.4 is 0 Å². The summed E-state index contributed by atoms with van der Waals surface area (Å²) in [6.45, 7) is 5.52. The summed E-state index contributed by atoms with van der Waals surface area (Å²) in [6.07, 6.45) is 13.7. The van der Waals surface area contributed by atoms with Gasteiger partial charge in [-0.1, -0.05) is 63.9 Å². The van der Waals surface area contributed by atoms with Crippen LogP contribution >= 0.6 is 0 Å². The zero-order valence-electron chi connectivity index (χ0n) is 24.2. The van der Waals surface area contributed by atoms with Crippen molar-refractivity contribution < 1.29 is 38.9 Å². The van der Waals surface area contributed by atoms with Gasteiger partial charge >= 0.3 is 23.9 Å². The van der Waals surface area contributed by atoms with E-state index in [4.69, 9.17) is 9.47 Å². The van der Waals surface area contributed by atoms with Crippen molar-refractivity contribution in [2.75, 3.05) is 0 Å². The molecule has 2 aliphatic carbocycles. The summed E-state index contributed by atoms with van der Waals surface area (Å²) < 4.78 is 10.6. The van der Waals surface area contributed by atoms with E-state index in [0.717, 1.165) is 56.9 Å². The van der Waals surface area contributed by atoms with Gasteiger partial charge in [0.05, 0.1) is 0 Å². The van der Waals surface area contributed by atoms with Gasteiger partial charge in [-0.15, -0.1) is 0 Å². The third-order valence-electron chi connectivity index (χ3n) is 7.72. The molecule has 1 unspecified atom stereocenters. The van der Waals surface area contributed by atoms with Crippen LogP contribution in [0, 0.1) is 11.3 Å². The van der Waals surface area contributed by atoms with E-state index >= 15 is 0 Å². The van der Waals surface area contributed by atoms with Crippen LogP contribution in [0.5, 0.6) is 0 Å². The average Bonchev–Trinajstić information content (AvgIpc) is 2.93. The lowest BCUT2D eigenvalue weighted by atomic mass is 9.66. The molecule has 0 bridgehead atoms. The average molecular weight is 559 g/mol. The molecule has 8 nitrogen and oxygen atoms in total. The Morgan fingerprint density at radius 2 is 1.23 bits per heavy atom. The first-order chi connectivity index (χ1) is 19.1. The van der Waals surface area contributed by atoms with Gasteiger partial charge in [0.1, 0.15) is 12.2 Å². The van der Waals surface area contributed by atoms with Crippen molar-refractivity contribution in [2.24, 2.45) is 11.3 Å². The molecular formula is C32H46O8. The molecule has 2 fully saturated rings. The normalized spacial score (nSPS) is 17.5. The molecule has 2 N–H and O–H groups in total. The Labute approximate surface area is 238 Å². The van der Waals surface area contributed by atoms with Crippen molar-refractivity contribution in [1.82, 2.24) is 0 Å². The molecule has 0 radical (unpaired) electrons. The number of carbonyl (C=O) groups excluding carboxylic acids is 2. The third-order valence-corrected chi connectivity index (χ3v) is 7.72. The van der Waals surface area contributed by atoms with E-state index in [9.17, 15) is 29.4 Å². The predicted octanol–water partition coefficient (Wildman–Crippen LogP) is 6.68. The molecule has 0 amide bonds. The molecule has 0 aromatic heterocycles. The molecule has 0 spiro atoms. The largest absolute Gasteiger partial charge is 0.480 e. The van der Waals surface area contributed by atoms with Gasteiger partial charge in [0, 0.05) is 18.1 Å². The van der Waals surface area contributed by atoms with Gasteiger partial charge in [-0.05, 0) is 75.7 Å². The van der Waals surface area contributed by atoms with Crippen molar-refractivity contribution in [3.05, 3.63) is 48.0 Å². The minimum Gasteiger partial charge on any atom is -0.480 e. The number of esters is 2. The standard InChI is InChI=1S/C16H24O4.C16H22O4/c17-15(19-13-7-3-1-4-8-13)11-12-16(18)20-14-9-5-2-6-10-14;1-4-13(12-8-6-5-7-9-12)16(14(17)18,15(19)20)10-11(2)3/h11-14H,1-10H2;5-9,11,13H,4,10H2,1-3H3,(H,17,18)(H,19,20)/b12-11-;. The fraction of sp³-hybridized carbons (Fsp3) is 0.625. The molecule has 8 heteroatoms. The highest BCUT2D eigenvalue weighted by Crippen LogP contribution is 2.44. The smallest absolute Gasteiger partial charge is 0.331 e. The zero-order chi connectivity index (χ0) is 29.5. The van der Waals surface area contributed by atoms with E-state index in [2.05, 4.69) is 0 Å². The lowest BCUT2D eigenvalue weighted by Gasteiger charge is -2.34. The number of aliphatic carboxylic acids is 2. The van der Waals surface area contributed by atoms with Gasteiger partial charge in [0.15, 0.2) is 5.41 Å². The Balaban J connectivity index is 0.000000280. The van der Waals surface area contributed by atoms with Crippen LogP contribution in [0.3, 0.4) is 0 Å². The molecule has 3 rings (SSSR count). The van der Waals surface area contributed by atoms with E-state index in [1.54, 1.807) is 12.1 Å². The first kappa shape index (κ1) is 33.0. The summed E-state index contributed by atoms with van der Waals surface area (Å²) in [4.78, 5) is 46.8. The molecule has 0 heterocycles. The van der Waals surface area contributed by atoms with E-state index < -0.39 is 35.2 Å². The molecule has 1 aromatic rings. The Morgan fingerprint density at radius 1 is 0.800 bits per heavy atom. The lowest BCUT2D eigenvalue weighted by molar-refractivity contribution is -0.168. The van der Waals surface area contributed by atoms with E-state index in [1.807, 2.05) is 39.0 Å². The summed E-state index contributed by atoms with van der Waals surface area (Å²) in [5.74, 6) is -3.93. The first-order valence-corrected chi connectivity index (χ1v) is 14.7. The fourth-order valence-electron chi connectivity index (χ4n) is 5.81. The molecule has 0 saturated heterocycles. The number of rotatable bonds is 11. The second-order valence-corrected chi connectivity index (χ2v) is 11.3. The molecule has 222 valence electrons. The van der Waals surface area contributed by atoms with Gasteiger partial charge in [0.25, 0.3) is 0 Å². The molecule has 1 aromatic carbocycles. The topological polar surface area (TPSA) is 127 Å². The van der Waals surface area contributed by atoms with Crippen molar-refractivity contribution in [3.8, 4) is 0 Å². The molecular weight excluding hydrogens is 512 g/mol. The number of carboxylic acid groups (broad SMARTS) is 2. The van der Waals surface area contributed by atoms with Gasteiger partial charge in [-0.3, -0.25) is 9.59 Å². The van der Waals surface area contributed by atoms with Gasteiger partial charge < -0.3 is 19.7 Å². The summed E-state index contributed by atoms with van der Waals surface area (Å²) in [5.41, 5.74) is -1.01. The minimum atomic E-state index is -1.77. The van der Waals surface area contributed by atoms with E-state index in [-0.39, 0.29) is 24.5 Å². The monoisotopic (exact) mass is 558 g/mol. The summed E-state index contributed by atoms with van der Waals surface area (Å²) in [6, 6.07) is 9.05. The number of carbonyl (C=O) groups is 4.